The number of hydrogen-bond donors (Lipinski definition) is 2. The smallest absolute Gasteiger partial charge is 0.271 e. The second kappa shape index (κ2) is 7.40. The molecule has 132 valence electrons. The summed E-state index contributed by atoms with van der Waals surface area (Å²) in [5, 5.41) is 4.54. The summed E-state index contributed by atoms with van der Waals surface area (Å²) in [5.74, 6) is -0.723. The van der Waals surface area contributed by atoms with E-state index in [1.54, 1.807) is 42.5 Å². The zero-order valence-electron chi connectivity index (χ0n) is 13.7. The number of para-hydroxylation sites is 1. The average Bonchev–Trinajstić information content (AvgIpc) is 2.64. The van der Waals surface area contributed by atoms with Crippen LogP contribution in [0.15, 0.2) is 62.5 Å². The molecule has 0 aliphatic carbocycles. The van der Waals surface area contributed by atoms with Crippen LogP contribution < -0.4 is 21.5 Å². The number of benzene rings is 2. The van der Waals surface area contributed by atoms with Crippen LogP contribution in [-0.2, 0) is 0 Å². The van der Waals surface area contributed by atoms with E-state index in [1.165, 1.54) is 13.2 Å². The highest BCUT2D eigenvalue weighted by Crippen LogP contribution is 2.24. The number of amides is 2. The molecule has 0 aliphatic rings. The van der Waals surface area contributed by atoms with E-state index in [9.17, 15) is 9.59 Å². The van der Waals surface area contributed by atoms with E-state index < -0.39 is 11.8 Å². The Labute approximate surface area is 156 Å². The summed E-state index contributed by atoms with van der Waals surface area (Å²) in [4.78, 5) is 24.0. The third-order valence-electron chi connectivity index (χ3n) is 3.57. The highest BCUT2D eigenvalue weighted by Gasteiger charge is 2.13. The van der Waals surface area contributed by atoms with Crippen LogP contribution >= 0.6 is 15.9 Å². The summed E-state index contributed by atoms with van der Waals surface area (Å²) >= 11 is 3.30. The van der Waals surface area contributed by atoms with Crippen LogP contribution in [-0.4, -0.2) is 18.9 Å². The molecule has 8 heteroatoms. The molecule has 1 heterocycles. The first-order valence-corrected chi connectivity index (χ1v) is 8.29. The van der Waals surface area contributed by atoms with Crippen molar-refractivity contribution in [2.24, 2.45) is 10.8 Å². The molecule has 1 aromatic heterocycles. The molecular weight excluding hydrogens is 402 g/mol. The average molecular weight is 416 g/mol. The molecule has 3 aromatic rings. The van der Waals surface area contributed by atoms with E-state index in [4.69, 9.17) is 14.9 Å². The Morgan fingerprint density at radius 3 is 2.65 bits per heavy atom. The van der Waals surface area contributed by atoms with Crippen molar-refractivity contribution >= 4 is 38.7 Å². The van der Waals surface area contributed by atoms with Crippen molar-refractivity contribution in [3.8, 4) is 5.75 Å². The number of nitrogens with zero attached hydrogens (tertiary/aromatic N) is 1. The van der Waals surface area contributed by atoms with Crippen molar-refractivity contribution in [3.05, 3.63) is 69.7 Å². The maximum absolute atomic E-state index is 12.2. The third-order valence-corrected chi connectivity index (χ3v) is 4.06. The number of hydrogen-bond acceptors (Lipinski definition) is 5. The van der Waals surface area contributed by atoms with Crippen LogP contribution in [0.2, 0.25) is 0 Å². The molecule has 0 atom stereocenters. The van der Waals surface area contributed by atoms with Gasteiger partial charge in [-0.25, -0.2) is 5.43 Å². The van der Waals surface area contributed by atoms with Gasteiger partial charge in [-0.05, 0) is 30.3 Å². The first-order chi connectivity index (χ1) is 12.5. The number of primary amides is 1. The normalized spacial score (nSPS) is 11.4. The van der Waals surface area contributed by atoms with Gasteiger partial charge in [0.15, 0.2) is 11.3 Å². The maximum Gasteiger partial charge on any atom is 0.271 e. The second-order valence-corrected chi connectivity index (χ2v) is 6.19. The van der Waals surface area contributed by atoms with Gasteiger partial charge in [0.05, 0.1) is 7.11 Å². The van der Waals surface area contributed by atoms with Crippen LogP contribution in [0.3, 0.4) is 0 Å². The summed E-state index contributed by atoms with van der Waals surface area (Å²) in [6.07, 6.45) is 0. The van der Waals surface area contributed by atoms with Gasteiger partial charge < -0.3 is 14.9 Å². The van der Waals surface area contributed by atoms with Gasteiger partial charge in [-0.1, -0.05) is 34.1 Å². The Hall–Kier alpha value is -3.13. The number of carbonyl (C=O) groups excluding carboxylic acids is 2. The predicted molar refractivity (Wildman–Crippen MR) is 98.5 cm³/mol. The molecule has 0 fully saturated rings. The van der Waals surface area contributed by atoms with Crippen LogP contribution in [0, 0.1) is 0 Å². The van der Waals surface area contributed by atoms with Crippen LogP contribution in [0.5, 0.6) is 5.75 Å². The van der Waals surface area contributed by atoms with E-state index in [1.807, 2.05) is 0 Å². The third kappa shape index (κ3) is 3.60. The van der Waals surface area contributed by atoms with Gasteiger partial charge in [0.1, 0.15) is 5.56 Å². The van der Waals surface area contributed by atoms with E-state index in [-0.39, 0.29) is 11.1 Å². The number of ether oxygens (including phenoxy) is 1. The summed E-state index contributed by atoms with van der Waals surface area (Å²) in [6.45, 7) is 0. The van der Waals surface area contributed by atoms with Crippen molar-refractivity contribution in [1.82, 2.24) is 5.43 Å². The van der Waals surface area contributed by atoms with Crippen molar-refractivity contribution in [2.75, 3.05) is 7.11 Å². The minimum Gasteiger partial charge on any atom is -0.493 e. The molecule has 7 nitrogen and oxygen atoms in total. The van der Waals surface area contributed by atoms with Crippen LogP contribution in [0.25, 0.3) is 11.0 Å². The Morgan fingerprint density at radius 2 is 1.96 bits per heavy atom. The molecule has 0 saturated heterocycles. The topological polar surface area (TPSA) is 107 Å². The van der Waals surface area contributed by atoms with E-state index in [0.29, 0.717) is 22.3 Å². The molecule has 0 aliphatic heterocycles. The molecule has 0 saturated carbocycles. The molecule has 0 unspecified atom stereocenters. The number of halogens is 1. The molecule has 2 amide bonds. The lowest BCUT2D eigenvalue weighted by molar-refractivity contribution is 0.0946. The van der Waals surface area contributed by atoms with Gasteiger partial charge in [-0.3, -0.25) is 9.59 Å². The fraction of sp³-hybridized carbons (Fsp3) is 0.0556. The first-order valence-electron chi connectivity index (χ1n) is 7.50. The number of carbonyl (C=O) groups is 2. The molecular formula is C18H14BrN3O4. The van der Waals surface area contributed by atoms with E-state index >= 15 is 0 Å². The quantitative estimate of drug-likeness (QED) is 0.638. The second-order valence-electron chi connectivity index (χ2n) is 5.27. The Kier molecular flexibility index (Phi) is 5.04. The van der Waals surface area contributed by atoms with Crippen molar-refractivity contribution in [1.29, 1.82) is 0 Å². The van der Waals surface area contributed by atoms with Gasteiger partial charge in [0.25, 0.3) is 11.8 Å². The zero-order valence-corrected chi connectivity index (χ0v) is 15.2. The van der Waals surface area contributed by atoms with Gasteiger partial charge in [0, 0.05) is 15.4 Å². The molecule has 26 heavy (non-hydrogen) atoms. The summed E-state index contributed by atoms with van der Waals surface area (Å²) in [6, 6.07) is 13.5. The molecule has 3 N–H and O–H groups in total. The summed E-state index contributed by atoms with van der Waals surface area (Å²) in [7, 11) is 1.50. The van der Waals surface area contributed by atoms with Gasteiger partial charge in [-0.2, -0.15) is 0 Å². The van der Waals surface area contributed by atoms with Crippen LogP contribution in [0.1, 0.15) is 20.7 Å². The minimum absolute atomic E-state index is 0.0419. The van der Waals surface area contributed by atoms with E-state index in [0.717, 1.165) is 4.47 Å². The van der Waals surface area contributed by atoms with Crippen molar-refractivity contribution < 1.29 is 18.7 Å². The largest absolute Gasteiger partial charge is 0.493 e. The zero-order chi connectivity index (χ0) is 18.7. The highest BCUT2D eigenvalue weighted by molar-refractivity contribution is 9.10. The number of fused-ring (bicyclic) bond motifs is 1. The Bertz CT molecular complexity index is 1080. The Morgan fingerprint density at radius 1 is 1.19 bits per heavy atom. The maximum atomic E-state index is 12.2. The number of rotatable bonds is 4. The van der Waals surface area contributed by atoms with Gasteiger partial charge >= 0.3 is 0 Å². The van der Waals surface area contributed by atoms with Crippen LogP contribution in [0.4, 0.5) is 0 Å². The fourth-order valence-electron chi connectivity index (χ4n) is 2.34. The lowest BCUT2D eigenvalue weighted by Gasteiger charge is -2.06. The number of methoxy groups -OCH3 is 1. The molecule has 0 spiro atoms. The standard InChI is InChI=1S/C18H14BrN3O4/c1-25-14-7-3-4-10-9-13(16(20)23)18(26-15(10)14)22-21-17(24)11-5-2-6-12(19)8-11/h2-9H,1H3,(H2,20,23)(H,21,24)/b22-18+. The summed E-state index contributed by atoms with van der Waals surface area (Å²) < 4.78 is 11.7. The van der Waals surface area contributed by atoms with Gasteiger partial charge in [0.2, 0.25) is 5.55 Å². The lowest BCUT2D eigenvalue weighted by atomic mass is 10.1. The molecule has 0 bridgehead atoms. The Balaban J connectivity index is 2.07. The van der Waals surface area contributed by atoms with Gasteiger partial charge in [-0.15, -0.1) is 5.10 Å². The number of nitrogens with two attached hydrogens (primary N) is 1. The monoisotopic (exact) mass is 415 g/mol. The minimum atomic E-state index is -0.728. The lowest BCUT2D eigenvalue weighted by Crippen LogP contribution is -2.27. The fourth-order valence-corrected chi connectivity index (χ4v) is 2.74. The molecule has 3 rings (SSSR count). The molecule has 2 aromatic carbocycles. The predicted octanol–water partition coefficient (Wildman–Crippen LogP) is 2.55. The molecule has 0 radical (unpaired) electrons. The highest BCUT2D eigenvalue weighted by atomic mass is 79.9. The van der Waals surface area contributed by atoms with Crippen molar-refractivity contribution in [3.63, 3.8) is 0 Å². The number of nitrogens with one attached hydrogen (secondary N) is 1. The van der Waals surface area contributed by atoms with E-state index in [2.05, 4.69) is 26.5 Å². The first kappa shape index (κ1) is 17.7. The summed E-state index contributed by atoms with van der Waals surface area (Å²) in [5.41, 5.74) is 8.47. The SMILES string of the molecule is COc1cccc2cc(C(N)=O)/c(=N\NC(=O)c3cccc(Br)c3)oc12. The van der Waals surface area contributed by atoms with Crippen molar-refractivity contribution in [2.45, 2.75) is 0 Å².